The van der Waals surface area contributed by atoms with Crippen molar-refractivity contribution in [2.75, 3.05) is 0 Å². The first-order valence-corrected chi connectivity index (χ1v) is 5.80. The summed E-state index contributed by atoms with van der Waals surface area (Å²) in [6.45, 7) is 0. The minimum absolute atomic E-state index is 0.149. The molecule has 0 amide bonds. The lowest BCUT2D eigenvalue weighted by Gasteiger charge is -2.56. The minimum atomic E-state index is 0.149. The van der Waals surface area contributed by atoms with Crippen LogP contribution in [0.25, 0.3) is 0 Å². The van der Waals surface area contributed by atoms with Crippen molar-refractivity contribution in [2.24, 2.45) is 23.2 Å². The van der Waals surface area contributed by atoms with Gasteiger partial charge in [0.15, 0.2) is 0 Å². The van der Waals surface area contributed by atoms with E-state index in [0.29, 0.717) is 5.17 Å². The van der Waals surface area contributed by atoms with Crippen LogP contribution in [-0.4, -0.2) is 5.17 Å². The lowest BCUT2D eigenvalue weighted by molar-refractivity contribution is -0.0112. The summed E-state index contributed by atoms with van der Waals surface area (Å²) in [6, 6.07) is 0. The van der Waals surface area contributed by atoms with Gasteiger partial charge in [0.25, 0.3) is 0 Å². The van der Waals surface area contributed by atoms with Crippen LogP contribution in [0.4, 0.5) is 0 Å². The maximum Gasteiger partial charge on any atom is 0.103 e. The van der Waals surface area contributed by atoms with E-state index in [4.69, 9.17) is 17.0 Å². The summed E-state index contributed by atoms with van der Waals surface area (Å²) in [4.78, 5) is 0. The van der Waals surface area contributed by atoms with E-state index < -0.39 is 0 Å². The van der Waals surface area contributed by atoms with Crippen molar-refractivity contribution in [3.05, 3.63) is 0 Å². The Morgan fingerprint density at radius 2 is 1.38 bits per heavy atom. The molecule has 0 radical (unpaired) electrons. The molecule has 0 aromatic heterocycles. The Bertz CT molecular complexity index is 224. The van der Waals surface area contributed by atoms with Crippen molar-refractivity contribution in [1.29, 1.82) is 5.41 Å². The fourth-order valence-corrected chi connectivity index (χ4v) is 4.61. The van der Waals surface area contributed by atoms with E-state index in [9.17, 15) is 0 Å². The van der Waals surface area contributed by atoms with Crippen LogP contribution in [0.15, 0.2) is 0 Å². The second-order valence-electron chi connectivity index (χ2n) is 5.51. The summed E-state index contributed by atoms with van der Waals surface area (Å²) in [7, 11) is 0. The van der Waals surface area contributed by atoms with Gasteiger partial charge in [0.1, 0.15) is 5.17 Å². The second-order valence-corrected chi connectivity index (χ2v) is 5.89. The van der Waals surface area contributed by atoms with Crippen LogP contribution in [0.2, 0.25) is 0 Å². The van der Waals surface area contributed by atoms with E-state index in [-0.39, 0.29) is 5.41 Å². The third-order valence-corrected chi connectivity index (χ3v) is 4.90. The maximum absolute atomic E-state index is 7.74. The normalized spacial score (nSPS) is 52.5. The number of nitrogens with one attached hydrogen (secondary N) is 1. The molecule has 2 heteroatoms. The smallest absolute Gasteiger partial charge is 0.103 e. The largest absolute Gasteiger partial charge is 0.293 e. The lowest BCUT2D eigenvalue weighted by atomic mass is 9.50. The summed E-state index contributed by atoms with van der Waals surface area (Å²) in [5.41, 5.74) is 0.149. The van der Waals surface area contributed by atoms with Gasteiger partial charge < -0.3 is 0 Å². The fraction of sp³-hybridized carbons (Fsp3) is 0.909. The lowest BCUT2D eigenvalue weighted by Crippen LogP contribution is -2.48. The molecule has 72 valence electrons. The van der Waals surface area contributed by atoms with Crippen molar-refractivity contribution < 1.29 is 0 Å². The highest BCUT2D eigenvalue weighted by Gasteiger charge is 2.52. The monoisotopic (exact) mass is 197 g/mol. The van der Waals surface area contributed by atoms with Gasteiger partial charge in [-0.05, 0) is 56.3 Å². The number of hydrogen-bond acceptors (Lipinski definition) is 1. The van der Waals surface area contributed by atoms with Gasteiger partial charge in [-0.2, -0.15) is 0 Å². The van der Waals surface area contributed by atoms with Crippen LogP contribution in [0.1, 0.15) is 38.5 Å². The van der Waals surface area contributed by atoms with Crippen molar-refractivity contribution >= 4 is 16.8 Å². The van der Waals surface area contributed by atoms with Crippen molar-refractivity contribution in [1.82, 2.24) is 0 Å². The molecule has 4 saturated carbocycles. The molecule has 0 saturated heterocycles. The summed E-state index contributed by atoms with van der Waals surface area (Å²) in [5, 5.41) is 8.20. The van der Waals surface area contributed by atoms with Crippen molar-refractivity contribution in [3.8, 4) is 0 Å². The first kappa shape index (κ1) is 8.28. The summed E-state index contributed by atoms with van der Waals surface area (Å²) in [5.74, 6) is 2.72. The molecular formula is C11H16ClN. The van der Waals surface area contributed by atoms with Gasteiger partial charge in [-0.25, -0.2) is 0 Å². The Balaban J connectivity index is 1.95. The van der Waals surface area contributed by atoms with Crippen molar-refractivity contribution in [2.45, 2.75) is 38.5 Å². The molecule has 0 aromatic rings. The van der Waals surface area contributed by atoms with E-state index in [1.54, 1.807) is 0 Å². The zero-order chi connectivity index (χ0) is 9.05. The average molecular weight is 198 g/mol. The van der Waals surface area contributed by atoms with Crippen LogP contribution in [0.3, 0.4) is 0 Å². The predicted octanol–water partition coefficient (Wildman–Crippen LogP) is 3.42. The Morgan fingerprint density at radius 3 is 1.69 bits per heavy atom. The standard InChI is InChI=1S/C11H16ClN/c12-10(13)11-4-7-1-8(5-11)3-9(2-7)6-11/h7-9,13H,1-6H2. The number of halogens is 1. The molecule has 0 atom stereocenters. The highest BCUT2D eigenvalue weighted by molar-refractivity contribution is 6.65. The second kappa shape index (κ2) is 2.50. The van der Waals surface area contributed by atoms with Crippen LogP contribution in [0, 0.1) is 28.6 Å². The molecule has 4 bridgehead atoms. The van der Waals surface area contributed by atoms with Crippen LogP contribution in [-0.2, 0) is 0 Å². The number of rotatable bonds is 1. The summed E-state index contributed by atoms with van der Waals surface area (Å²) >= 11 is 5.98. The summed E-state index contributed by atoms with van der Waals surface area (Å²) in [6.07, 6.45) is 7.97. The van der Waals surface area contributed by atoms with Gasteiger partial charge in [0.05, 0.1) is 0 Å². The van der Waals surface area contributed by atoms with Crippen molar-refractivity contribution in [3.63, 3.8) is 0 Å². The zero-order valence-corrected chi connectivity index (χ0v) is 8.61. The van der Waals surface area contributed by atoms with E-state index in [1.165, 1.54) is 38.5 Å². The first-order chi connectivity index (χ1) is 6.18. The molecule has 1 nitrogen and oxygen atoms in total. The van der Waals surface area contributed by atoms with Crippen LogP contribution >= 0.6 is 11.6 Å². The molecule has 0 spiro atoms. The Kier molecular flexibility index (Phi) is 1.59. The Labute approximate surface area is 84.4 Å². The maximum atomic E-state index is 7.74. The van der Waals surface area contributed by atoms with E-state index in [1.807, 2.05) is 0 Å². The quantitative estimate of drug-likeness (QED) is 0.623. The summed E-state index contributed by atoms with van der Waals surface area (Å²) < 4.78 is 0. The molecule has 0 unspecified atom stereocenters. The molecule has 0 aromatic carbocycles. The van der Waals surface area contributed by atoms with Gasteiger partial charge in [0, 0.05) is 5.41 Å². The molecule has 4 aliphatic rings. The van der Waals surface area contributed by atoms with E-state index in [0.717, 1.165) is 17.8 Å². The molecule has 0 aliphatic heterocycles. The van der Waals surface area contributed by atoms with Crippen LogP contribution in [0.5, 0.6) is 0 Å². The van der Waals surface area contributed by atoms with E-state index >= 15 is 0 Å². The molecular weight excluding hydrogens is 182 g/mol. The third-order valence-electron chi connectivity index (χ3n) is 4.50. The topological polar surface area (TPSA) is 23.9 Å². The minimum Gasteiger partial charge on any atom is -0.293 e. The Hall–Kier alpha value is -0.0400. The molecule has 4 aliphatic carbocycles. The Morgan fingerprint density at radius 1 is 1.00 bits per heavy atom. The predicted molar refractivity (Wildman–Crippen MR) is 54.2 cm³/mol. The fourth-order valence-electron chi connectivity index (χ4n) is 4.38. The average Bonchev–Trinajstić information content (AvgIpc) is 2.00. The first-order valence-electron chi connectivity index (χ1n) is 5.42. The molecule has 0 heterocycles. The highest BCUT2D eigenvalue weighted by Crippen LogP contribution is 2.60. The van der Waals surface area contributed by atoms with Gasteiger partial charge in [0.2, 0.25) is 0 Å². The van der Waals surface area contributed by atoms with Gasteiger partial charge in [-0.1, -0.05) is 11.6 Å². The van der Waals surface area contributed by atoms with E-state index in [2.05, 4.69) is 0 Å². The molecule has 13 heavy (non-hydrogen) atoms. The van der Waals surface area contributed by atoms with Crippen LogP contribution < -0.4 is 0 Å². The third kappa shape index (κ3) is 1.09. The van der Waals surface area contributed by atoms with Gasteiger partial charge in [-0.3, -0.25) is 5.41 Å². The SMILES string of the molecule is N=C(Cl)C12CC3CC(CC(C3)C1)C2. The molecule has 4 rings (SSSR count). The van der Waals surface area contributed by atoms with Gasteiger partial charge >= 0.3 is 0 Å². The molecule has 1 N–H and O–H groups in total. The zero-order valence-electron chi connectivity index (χ0n) is 7.85. The molecule has 4 fully saturated rings. The number of hydrogen-bond donors (Lipinski definition) is 1. The highest BCUT2D eigenvalue weighted by atomic mass is 35.5. The van der Waals surface area contributed by atoms with Gasteiger partial charge in [-0.15, -0.1) is 0 Å².